The molecule has 0 aliphatic rings. The van der Waals surface area contributed by atoms with Crippen LogP contribution in [0.2, 0.25) is 0 Å². The van der Waals surface area contributed by atoms with Gasteiger partial charge in [-0.15, -0.1) is 65.0 Å². The number of hydrogen-bond acceptors (Lipinski definition) is 3. The van der Waals surface area contributed by atoms with Crippen LogP contribution >= 0.6 is 0 Å². The standard InChI is InChI=1S/C18H11N2.C18H16N.Ir/c1-2-7-14(8-3-1)18-19-12-16-15-9-5-4-6-13(15)10-11-17(16)20-18;1-13(2)14-9-10-16-15(12-14)6-5-7-17(16)18-8-3-4-11-19-18;/h1-7,9-12H;3-6,8-13H,1-2H3;/q2*-1;. The average molecular weight is 694 g/mol. The number of rotatable bonds is 3. The van der Waals surface area contributed by atoms with E-state index in [0.29, 0.717) is 11.7 Å². The predicted octanol–water partition coefficient (Wildman–Crippen LogP) is 9.07. The molecule has 2 heterocycles. The maximum Gasteiger partial charge on any atom is 0.0755 e. The number of benzene rings is 5. The van der Waals surface area contributed by atoms with Crippen LogP contribution in [-0.4, -0.2) is 15.0 Å². The summed E-state index contributed by atoms with van der Waals surface area (Å²) >= 11 is 0. The van der Waals surface area contributed by atoms with E-state index in [9.17, 15) is 0 Å². The van der Waals surface area contributed by atoms with Gasteiger partial charge in [0, 0.05) is 37.9 Å². The molecule has 4 heteroatoms. The van der Waals surface area contributed by atoms with Crippen molar-refractivity contribution in [2.45, 2.75) is 19.8 Å². The summed E-state index contributed by atoms with van der Waals surface area (Å²) in [6.45, 7) is 4.44. The number of aromatic nitrogens is 3. The first-order valence-electron chi connectivity index (χ1n) is 13.1. The van der Waals surface area contributed by atoms with Crippen LogP contribution in [0.25, 0.3) is 55.1 Å². The summed E-state index contributed by atoms with van der Waals surface area (Å²) < 4.78 is 0. The van der Waals surface area contributed by atoms with Gasteiger partial charge in [0.2, 0.25) is 0 Å². The van der Waals surface area contributed by atoms with E-state index in [-0.39, 0.29) is 20.1 Å². The normalized spacial score (nSPS) is 10.8. The smallest absolute Gasteiger partial charge is 0.0755 e. The zero-order valence-electron chi connectivity index (χ0n) is 22.3. The zero-order valence-corrected chi connectivity index (χ0v) is 24.7. The molecule has 0 fully saturated rings. The Bertz CT molecular complexity index is 1880. The van der Waals surface area contributed by atoms with Gasteiger partial charge in [-0.1, -0.05) is 79.9 Å². The molecule has 0 saturated heterocycles. The second-order valence-electron chi connectivity index (χ2n) is 9.76. The fraction of sp³-hybridized carbons (Fsp3) is 0.0833. The molecule has 2 aromatic heterocycles. The molecule has 0 N–H and O–H groups in total. The Labute approximate surface area is 248 Å². The quantitative estimate of drug-likeness (QED) is 0.137. The number of pyridine rings is 1. The van der Waals surface area contributed by atoms with Crippen LogP contribution in [0.15, 0.2) is 122 Å². The number of nitrogens with zero attached hydrogens (tertiary/aromatic N) is 3. The summed E-state index contributed by atoms with van der Waals surface area (Å²) in [6, 6.07) is 43.4. The van der Waals surface area contributed by atoms with E-state index in [2.05, 4.69) is 83.4 Å². The van der Waals surface area contributed by atoms with Gasteiger partial charge in [0.05, 0.1) is 11.3 Å². The van der Waals surface area contributed by atoms with Crippen molar-refractivity contribution < 1.29 is 20.1 Å². The summed E-state index contributed by atoms with van der Waals surface area (Å²) in [5, 5.41) is 5.95. The Morgan fingerprint density at radius 1 is 0.650 bits per heavy atom. The van der Waals surface area contributed by atoms with E-state index in [1.807, 2.05) is 79.1 Å². The summed E-state index contributed by atoms with van der Waals surface area (Å²) in [5.41, 5.74) is 5.30. The molecule has 1 radical (unpaired) electrons. The van der Waals surface area contributed by atoms with E-state index in [1.54, 1.807) is 0 Å². The van der Waals surface area contributed by atoms with E-state index >= 15 is 0 Å². The summed E-state index contributed by atoms with van der Waals surface area (Å²) in [4.78, 5) is 13.6. The van der Waals surface area contributed by atoms with Gasteiger partial charge >= 0.3 is 0 Å². The fourth-order valence-electron chi connectivity index (χ4n) is 4.77. The third-order valence-electron chi connectivity index (χ3n) is 6.86. The minimum atomic E-state index is 0. The second-order valence-corrected chi connectivity index (χ2v) is 9.76. The minimum absolute atomic E-state index is 0. The van der Waals surface area contributed by atoms with E-state index in [4.69, 9.17) is 0 Å². The number of fused-ring (bicyclic) bond motifs is 4. The first kappa shape index (κ1) is 27.3. The van der Waals surface area contributed by atoms with Crippen LogP contribution < -0.4 is 0 Å². The molecule has 0 aliphatic heterocycles. The van der Waals surface area contributed by atoms with Crippen molar-refractivity contribution in [3.8, 4) is 22.6 Å². The molecule has 0 spiro atoms. The Morgan fingerprint density at radius 3 is 2.30 bits per heavy atom. The molecule has 0 bridgehead atoms. The summed E-state index contributed by atoms with van der Waals surface area (Å²) in [5.74, 6) is 1.26. The van der Waals surface area contributed by atoms with Gasteiger partial charge in [-0.25, -0.2) is 0 Å². The van der Waals surface area contributed by atoms with Crippen LogP contribution in [0.1, 0.15) is 25.3 Å². The third kappa shape index (κ3) is 5.70. The minimum Gasteiger partial charge on any atom is -0.305 e. The molecule has 0 saturated carbocycles. The van der Waals surface area contributed by atoms with Crippen molar-refractivity contribution in [1.29, 1.82) is 0 Å². The van der Waals surface area contributed by atoms with E-state index < -0.39 is 0 Å². The Kier molecular flexibility index (Phi) is 8.40. The van der Waals surface area contributed by atoms with Crippen LogP contribution in [0.5, 0.6) is 0 Å². The first-order chi connectivity index (χ1) is 19.2. The molecule has 7 aromatic rings. The molecule has 0 amide bonds. The van der Waals surface area contributed by atoms with Gasteiger partial charge in [0.25, 0.3) is 0 Å². The third-order valence-corrected chi connectivity index (χ3v) is 6.86. The van der Waals surface area contributed by atoms with Gasteiger partial charge in [-0.2, -0.15) is 0 Å². The Balaban J connectivity index is 0.000000158. The summed E-state index contributed by atoms with van der Waals surface area (Å²) in [7, 11) is 0. The van der Waals surface area contributed by atoms with E-state index in [0.717, 1.165) is 27.7 Å². The maximum atomic E-state index is 4.65. The molecule has 0 atom stereocenters. The van der Waals surface area contributed by atoms with Crippen LogP contribution in [0.4, 0.5) is 0 Å². The van der Waals surface area contributed by atoms with Crippen molar-refractivity contribution >= 4 is 32.4 Å². The SMILES string of the molecule is CC(C)c1ccc2c(-c3ccccn3)[c-]ccc2c1.[Ir].[c-]1ccccc1-c1ncc2c(ccc3ccccc32)n1. The molecule has 5 aromatic carbocycles. The van der Waals surface area contributed by atoms with Gasteiger partial charge in [-0.3, -0.25) is 9.97 Å². The monoisotopic (exact) mass is 694 g/mol. The van der Waals surface area contributed by atoms with Crippen molar-refractivity contribution in [2.24, 2.45) is 0 Å². The molecule has 3 nitrogen and oxygen atoms in total. The molecule has 7 rings (SSSR count). The fourth-order valence-corrected chi connectivity index (χ4v) is 4.77. The first-order valence-corrected chi connectivity index (χ1v) is 13.1. The van der Waals surface area contributed by atoms with Crippen LogP contribution in [0, 0.1) is 12.1 Å². The topological polar surface area (TPSA) is 38.7 Å². The molecule has 0 aliphatic carbocycles. The van der Waals surface area contributed by atoms with Crippen LogP contribution in [-0.2, 0) is 20.1 Å². The van der Waals surface area contributed by atoms with E-state index in [1.165, 1.54) is 27.1 Å². The molecular formula is C36H27IrN3-2. The van der Waals surface area contributed by atoms with Gasteiger partial charge in [0.15, 0.2) is 0 Å². The van der Waals surface area contributed by atoms with Crippen molar-refractivity contribution in [3.05, 3.63) is 139 Å². The zero-order chi connectivity index (χ0) is 26.6. The van der Waals surface area contributed by atoms with Gasteiger partial charge < -0.3 is 4.98 Å². The molecule has 197 valence electrons. The van der Waals surface area contributed by atoms with Gasteiger partial charge in [-0.05, 0) is 40.1 Å². The van der Waals surface area contributed by atoms with Crippen molar-refractivity contribution in [2.75, 3.05) is 0 Å². The van der Waals surface area contributed by atoms with Crippen molar-refractivity contribution in [1.82, 2.24) is 15.0 Å². The number of hydrogen-bond donors (Lipinski definition) is 0. The molecular weight excluding hydrogens is 667 g/mol. The molecule has 40 heavy (non-hydrogen) atoms. The van der Waals surface area contributed by atoms with Crippen molar-refractivity contribution in [3.63, 3.8) is 0 Å². The predicted molar refractivity (Wildman–Crippen MR) is 161 cm³/mol. The average Bonchev–Trinajstić information content (AvgIpc) is 3.01. The second kappa shape index (κ2) is 12.3. The van der Waals surface area contributed by atoms with Crippen LogP contribution in [0.3, 0.4) is 0 Å². The summed E-state index contributed by atoms with van der Waals surface area (Å²) in [6.07, 6.45) is 3.73. The molecule has 0 unspecified atom stereocenters. The van der Waals surface area contributed by atoms with Gasteiger partial charge in [0.1, 0.15) is 0 Å². The maximum absolute atomic E-state index is 4.65. The Hall–Kier alpha value is -4.24. The largest absolute Gasteiger partial charge is 0.305 e. The Morgan fingerprint density at radius 2 is 1.50 bits per heavy atom.